The van der Waals surface area contributed by atoms with E-state index in [4.69, 9.17) is 12.2 Å². The molecule has 1 N–H and O–H groups in total. The van der Waals surface area contributed by atoms with Gasteiger partial charge < -0.3 is 0 Å². The van der Waals surface area contributed by atoms with Gasteiger partial charge in [-0.3, -0.25) is 5.01 Å². The fourth-order valence-electron chi connectivity index (χ4n) is 5.81. The molecule has 4 heteroatoms. The third-order valence-electron chi connectivity index (χ3n) is 7.36. The van der Waals surface area contributed by atoms with Crippen LogP contribution in [0.1, 0.15) is 96.3 Å². The highest BCUT2D eigenvalue weighted by molar-refractivity contribution is 7.80. The van der Waals surface area contributed by atoms with Crippen LogP contribution in [0.25, 0.3) is 0 Å². The van der Waals surface area contributed by atoms with Crippen molar-refractivity contribution < 1.29 is 0 Å². The van der Waals surface area contributed by atoms with Crippen molar-refractivity contribution in [1.82, 2.24) is 15.6 Å². The van der Waals surface area contributed by atoms with Crippen LogP contribution in [0.4, 0.5) is 0 Å². The standard InChI is InChI=1S/C21H37N3S/c25-21-20(17-10-4-1-5-11-17)16-23(18-12-6-2-7-13-18)22-24(21)19-14-8-3-9-15-19/h17-20,22H,1-16H2/t20-/m1/s1. The van der Waals surface area contributed by atoms with Gasteiger partial charge in [0.1, 0.15) is 0 Å². The molecule has 0 amide bonds. The lowest BCUT2D eigenvalue weighted by Gasteiger charge is -2.51. The molecule has 0 bridgehead atoms. The van der Waals surface area contributed by atoms with Crippen LogP contribution in [-0.2, 0) is 0 Å². The lowest BCUT2D eigenvalue weighted by molar-refractivity contribution is -0.0441. The monoisotopic (exact) mass is 363 g/mol. The minimum atomic E-state index is 0.611. The van der Waals surface area contributed by atoms with E-state index >= 15 is 0 Å². The summed E-state index contributed by atoms with van der Waals surface area (Å²) < 4.78 is 0. The molecule has 4 rings (SSSR count). The molecule has 1 heterocycles. The summed E-state index contributed by atoms with van der Waals surface area (Å²) in [6.07, 6.45) is 20.9. The first-order valence-electron chi connectivity index (χ1n) is 11.2. The summed E-state index contributed by atoms with van der Waals surface area (Å²) in [6.45, 7) is 1.16. The first-order chi connectivity index (χ1) is 12.3. The van der Waals surface area contributed by atoms with Gasteiger partial charge in [0.05, 0.1) is 4.99 Å². The van der Waals surface area contributed by atoms with E-state index in [9.17, 15) is 0 Å². The lowest BCUT2D eigenvalue weighted by Crippen LogP contribution is -2.67. The minimum absolute atomic E-state index is 0.611. The molecule has 0 aromatic carbocycles. The number of hydrogen-bond donors (Lipinski definition) is 1. The highest BCUT2D eigenvalue weighted by atomic mass is 32.1. The smallest absolute Gasteiger partial charge is 0.0984 e. The molecule has 3 saturated carbocycles. The molecular weight excluding hydrogens is 326 g/mol. The molecule has 142 valence electrons. The van der Waals surface area contributed by atoms with Crippen LogP contribution >= 0.6 is 12.2 Å². The van der Waals surface area contributed by atoms with Crippen LogP contribution in [0.2, 0.25) is 0 Å². The Morgan fingerprint density at radius 3 is 1.80 bits per heavy atom. The topological polar surface area (TPSA) is 18.5 Å². The van der Waals surface area contributed by atoms with Gasteiger partial charge in [-0.2, -0.15) is 5.53 Å². The normalized spacial score (nSPS) is 32.2. The molecule has 0 unspecified atom stereocenters. The largest absolute Gasteiger partial charge is 0.285 e. The van der Waals surface area contributed by atoms with Gasteiger partial charge in [-0.15, -0.1) is 0 Å². The number of nitrogens with one attached hydrogen (secondary N) is 1. The number of hydrogen-bond acceptors (Lipinski definition) is 3. The number of rotatable bonds is 3. The number of hydrazine groups is 2. The molecule has 3 nitrogen and oxygen atoms in total. The van der Waals surface area contributed by atoms with Crippen molar-refractivity contribution in [1.29, 1.82) is 0 Å². The second-order valence-electron chi connectivity index (χ2n) is 9.05. The lowest BCUT2D eigenvalue weighted by atomic mass is 9.78. The summed E-state index contributed by atoms with van der Waals surface area (Å²) >= 11 is 6.10. The molecule has 0 aromatic heterocycles. The Bertz CT molecular complexity index is 406. The van der Waals surface area contributed by atoms with Gasteiger partial charge in [-0.05, 0) is 44.4 Å². The van der Waals surface area contributed by atoms with Gasteiger partial charge in [0.25, 0.3) is 0 Å². The maximum Gasteiger partial charge on any atom is 0.0984 e. The van der Waals surface area contributed by atoms with E-state index in [1.165, 1.54) is 101 Å². The Morgan fingerprint density at radius 2 is 1.20 bits per heavy atom. The van der Waals surface area contributed by atoms with Crippen LogP contribution in [0.3, 0.4) is 0 Å². The zero-order chi connectivity index (χ0) is 17.1. The third-order valence-corrected chi connectivity index (χ3v) is 7.86. The summed E-state index contributed by atoms with van der Waals surface area (Å²) in [4.78, 5) is 1.26. The summed E-state index contributed by atoms with van der Waals surface area (Å²) in [6, 6.07) is 1.37. The molecule has 0 spiro atoms. The number of nitrogens with zero attached hydrogens (tertiary/aromatic N) is 2. The zero-order valence-electron chi connectivity index (χ0n) is 15.9. The predicted octanol–water partition coefficient (Wildman–Crippen LogP) is 5.21. The second-order valence-corrected chi connectivity index (χ2v) is 9.47. The van der Waals surface area contributed by atoms with Crippen molar-refractivity contribution in [3.8, 4) is 0 Å². The molecule has 1 saturated heterocycles. The molecule has 3 aliphatic carbocycles. The summed E-state index contributed by atoms with van der Waals surface area (Å²) in [7, 11) is 0. The highest BCUT2D eigenvalue weighted by Crippen LogP contribution is 2.36. The Kier molecular flexibility index (Phi) is 6.30. The Balaban J connectivity index is 1.51. The van der Waals surface area contributed by atoms with E-state index in [0.29, 0.717) is 12.0 Å². The molecule has 25 heavy (non-hydrogen) atoms. The summed E-state index contributed by atoms with van der Waals surface area (Å²) in [5.74, 6) is 1.45. The molecule has 4 fully saturated rings. The maximum atomic E-state index is 6.10. The first kappa shape index (κ1) is 18.2. The molecule has 1 atom stereocenters. The van der Waals surface area contributed by atoms with Crippen LogP contribution < -0.4 is 5.53 Å². The third kappa shape index (κ3) is 4.22. The number of thiocarbonyl (C=S) groups is 1. The van der Waals surface area contributed by atoms with Crippen molar-refractivity contribution in [2.45, 2.75) is 108 Å². The van der Waals surface area contributed by atoms with Crippen molar-refractivity contribution in [2.24, 2.45) is 11.8 Å². The van der Waals surface area contributed by atoms with Gasteiger partial charge in [0, 0.05) is 24.5 Å². The van der Waals surface area contributed by atoms with E-state index in [1.54, 1.807) is 0 Å². The van der Waals surface area contributed by atoms with Crippen LogP contribution in [0.5, 0.6) is 0 Å². The van der Waals surface area contributed by atoms with Gasteiger partial charge in [-0.25, -0.2) is 5.01 Å². The Labute approximate surface area is 159 Å². The average Bonchev–Trinajstić information content (AvgIpc) is 2.70. The molecule has 1 aliphatic heterocycles. The van der Waals surface area contributed by atoms with Crippen molar-refractivity contribution in [3.63, 3.8) is 0 Å². The minimum Gasteiger partial charge on any atom is -0.285 e. The Hall–Kier alpha value is -0.190. The van der Waals surface area contributed by atoms with Crippen molar-refractivity contribution in [3.05, 3.63) is 0 Å². The van der Waals surface area contributed by atoms with Gasteiger partial charge in [0.2, 0.25) is 0 Å². The Morgan fingerprint density at radius 1 is 0.680 bits per heavy atom. The van der Waals surface area contributed by atoms with Gasteiger partial charge >= 0.3 is 0 Å². The van der Waals surface area contributed by atoms with E-state index in [1.807, 2.05) is 0 Å². The molecular formula is C21H37N3S. The van der Waals surface area contributed by atoms with Crippen LogP contribution in [0, 0.1) is 11.8 Å². The average molecular weight is 364 g/mol. The fraction of sp³-hybridized carbons (Fsp3) is 0.952. The molecule has 4 aliphatic rings. The summed E-state index contributed by atoms with van der Waals surface area (Å²) in [5.41, 5.74) is 3.84. The van der Waals surface area contributed by atoms with E-state index < -0.39 is 0 Å². The van der Waals surface area contributed by atoms with Gasteiger partial charge in [0.15, 0.2) is 0 Å². The van der Waals surface area contributed by atoms with Crippen molar-refractivity contribution >= 4 is 17.2 Å². The predicted molar refractivity (Wildman–Crippen MR) is 108 cm³/mol. The van der Waals surface area contributed by atoms with E-state index in [2.05, 4.69) is 15.6 Å². The maximum absolute atomic E-state index is 6.10. The second kappa shape index (κ2) is 8.67. The van der Waals surface area contributed by atoms with Crippen molar-refractivity contribution in [2.75, 3.05) is 6.54 Å². The molecule has 0 radical (unpaired) electrons. The SMILES string of the molecule is S=C1[C@@H](C2CCCCC2)CN(C2CCCCC2)NN1C1CCCCC1. The van der Waals surface area contributed by atoms with Crippen LogP contribution in [-0.4, -0.2) is 33.6 Å². The first-order valence-corrected chi connectivity index (χ1v) is 11.6. The zero-order valence-corrected chi connectivity index (χ0v) is 16.7. The van der Waals surface area contributed by atoms with Gasteiger partial charge in [-0.1, -0.05) is 70.0 Å². The van der Waals surface area contributed by atoms with E-state index in [0.717, 1.165) is 18.5 Å². The highest BCUT2D eigenvalue weighted by Gasteiger charge is 2.40. The quantitative estimate of drug-likeness (QED) is 0.693. The van der Waals surface area contributed by atoms with Crippen LogP contribution in [0.15, 0.2) is 0 Å². The summed E-state index contributed by atoms with van der Waals surface area (Å²) in [5, 5.41) is 5.11. The fourth-order valence-corrected chi connectivity index (χ4v) is 6.27. The van der Waals surface area contributed by atoms with E-state index in [-0.39, 0.29) is 0 Å². The molecule has 0 aromatic rings.